The predicted molar refractivity (Wildman–Crippen MR) is 71.3 cm³/mol. The van der Waals surface area contributed by atoms with E-state index in [-0.39, 0.29) is 12.0 Å². The van der Waals surface area contributed by atoms with E-state index in [0.717, 1.165) is 31.4 Å². The van der Waals surface area contributed by atoms with Crippen LogP contribution in [0.1, 0.15) is 30.9 Å². The van der Waals surface area contributed by atoms with Crippen molar-refractivity contribution in [3.05, 3.63) is 35.4 Å². The van der Waals surface area contributed by atoms with Gasteiger partial charge in [0.05, 0.1) is 12.5 Å². The summed E-state index contributed by atoms with van der Waals surface area (Å²) >= 11 is 0. The van der Waals surface area contributed by atoms with Crippen LogP contribution >= 0.6 is 0 Å². The molecule has 18 heavy (non-hydrogen) atoms. The predicted octanol–water partition coefficient (Wildman–Crippen LogP) is 1.77. The maximum absolute atomic E-state index is 12.1. The van der Waals surface area contributed by atoms with E-state index >= 15 is 0 Å². The molecule has 1 aromatic carbocycles. The summed E-state index contributed by atoms with van der Waals surface area (Å²) in [6, 6.07) is 8.20. The van der Waals surface area contributed by atoms with Crippen molar-refractivity contribution in [1.29, 1.82) is 0 Å². The molecular weight excluding hydrogens is 226 g/mol. The lowest BCUT2D eigenvalue weighted by Gasteiger charge is -2.30. The fourth-order valence-electron chi connectivity index (χ4n) is 2.36. The van der Waals surface area contributed by atoms with Crippen LogP contribution in [0.5, 0.6) is 0 Å². The molecule has 0 aliphatic carbocycles. The summed E-state index contributed by atoms with van der Waals surface area (Å²) < 4.78 is 0. The Morgan fingerprint density at radius 1 is 1.33 bits per heavy atom. The van der Waals surface area contributed by atoms with Gasteiger partial charge in [0.15, 0.2) is 0 Å². The van der Waals surface area contributed by atoms with E-state index in [4.69, 9.17) is 0 Å². The van der Waals surface area contributed by atoms with Gasteiger partial charge in [-0.25, -0.2) is 0 Å². The molecule has 0 aromatic heterocycles. The van der Waals surface area contributed by atoms with Crippen LogP contribution in [-0.4, -0.2) is 35.1 Å². The number of aliphatic hydroxyl groups is 1. The molecular formula is C15H21NO2. The number of carbonyl (C=O) groups excluding carboxylic acids is 1. The molecule has 1 atom stereocenters. The molecule has 98 valence electrons. The monoisotopic (exact) mass is 247 g/mol. The van der Waals surface area contributed by atoms with Crippen LogP contribution < -0.4 is 0 Å². The van der Waals surface area contributed by atoms with Crippen molar-refractivity contribution >= 4 is 5.91 Å². The fourth-order valence-corrected chi connectivity index (χ4v) is 2.36. The van der Waals surface area contributed by atoms with Crippen LogP contribution in [0.25, 0.3) is 0 Å². The van der Waals surface area contributed by atoms with E-state index < -0.39 is 0 Å². The van der Waals surface area contributed by atoms with Gasteiger partial charge in [-0.1, -0.05) is 31.2 Å². The molecule has 1 N–H and O–H groups in total. The standard InChI is InChI=1S/C15H21NO2/c1-2-12-5-7-13(8-6-12)10-15(18)16-9-3-4-14(17)11-16/h5-8,14,17H,2-4,9-11H2,1H3. The van der Waals surface area contributed by atoms with Gasteiger partial charge in [-0.3, -0.25) is 4.79 Å². The summed E-state index contributed by atoms with van der Waals surface area (Å²) in [5, 5.41) is 9.57. The van der Waals surface area contributed by atoms with Crippen molar-refractivity contribution < 1.29 is 9.90 Å². The van der Waals surface area contributed by atoms with Crippen molar-refractivity contribution in [2.24, 2.45) is 0 Å². The quantitative estimate of drug-likeness (QED) is 0.884. The average Bonchev–Trinajstić information content (AvgIpc) is 2.39. The van der Waals surface area contributed by atoms with Gasteiger partial charge < -0.3 is 10.0 Å². The van der Waals surface area contributed by atoms with E-state index in [1.54, 1.807) is 4.90 Å². The van der Waals surface area contributed by atoms with Gasteiger partial charge in [-0.2, -0.15) is 0 Å². The third-order valence-electron chi connectivity index (χ3n) is 3.54. The third-order valence-corrected chi connectivity index (χ3v) is 3.54. The lowest BCUT2D eigenvalue weighted by Crippen LogP contribution is -2.42. The van der Waals surface area contributed by atoms with Gasteiger partial charge in [-0.05, 0) is 30.4 Å². The SMILES string of the molecule is CCc1ccc(CC(=O)N2CCCC(O)C2)cc1. The molecule has 0 spiro atoms. The first kappa shape index (κ1) is 13.1. The van der Waals surface area contributed by atoms with E-state index in [1.807, 2.05) is 12.1 Å². The van der Waals surface area contributed by atoms with Gasteiger partial charge in [0, 0.05) is 13.1 Å². The Morgan fingerprint density at radius 2 is 2.00 bits per heavy atom. The normalized spacial score (nSPS) is 19.9. The Balaban J connectivity index is 1.93. The van der Waals surface area contributed by atoms with E-state index in [2.05, 4.69) is 19.1 Å². The molecule has 1 fully saturated rings. The largest absolute Gasteiger partial charge is 0.391 e. The molecule has 0 radical (unpaired) electrons. The van der Waals surface area contributed by atoms with Gasteiger partial charge in [0.1, 0.15) is 0 Å². The van der Waals surface area contributed by atoms with Crippen molar-refractivity contribution in [2.45, 2.75) is 38.7 Å². The highest BCUT2D eigenvalue weighted by Gasteiger charge is 2.21. The summed E-state index contributed by atoms with van der Waals surface area (Å²) in [6.07, 6.45) is 2.84. The summed E-state index contributed by atoms with van der Waals surface area (Å²) in [5.41, 5.74) is 2.34. The highest BCUT2D eigenvalue weighted by molar-refractivity contribution is 5.78. The number of hydrogen-bond donors (Lipinski definition) is 1. The third kappa shape index (κ3) is 3.33. The number of aryl methyl sites for hydroxylation is 1. The molecule has 2 rings (SSSR count). The molecule has 3 nitrogen and oxygen atoms in total. The van der Waals surface area contributed by atoms with Crippen LogP contribution in [0.4, 0.5) is 0 Å². The lowest BCUT2D eigenvalue weighted by atomic mass is 10.0. The van der Waals surface area contributed by atoms with E-state index in [1.165, 1.54) is 5.56 Å². The van der Waals surface area contributed by atoms with Crippen molar-refractivity contribution in [3.8, 4) is 0 Å². The number of likely N-dealkylation sites (tertiary alicyclic amines) is 1. The first-order chi connectivity index (χ1) is 8.69. The van der Waals surface area contributed by atoms with Crippen LogP contribution in [-0.2, 0) is 17.6 Å². The molecule has 1 aliphatic rings. The van der Waals surface area contributed by atoms with Crippen molar-refractivity contribution in [2.75, 3.05) is 13.1 Å². The first-order valence-electron chi connectivity index (χ1n) is 6.72. The maximum Gasteiger partial charge on any atom is 0.227 e. The second-order valence-electron chi connectivity index (χ2n) is 4.98. The van der Waals surface area contributed by atoms with Gasteiger partial charge in [0.2, 0.25) is 5.91 Å². The highest BCUT2D eigenvalue weighted by Crippen LogP contribution is 2.12. The Bertz CT molecular complexity index is 399. The minimum atomic E-state index is -0.342. The molecule has 1 aromatic rings. The average molecular weight is 247 g/mol. The number of piperidine rings is 1. The van der Waals surface area contributed by atoms with Gasteiger partial charge >= 0.3 is 0 Å². The summed E-state index contributed by atoms with van der Waals surface area (Å²) in [4.78, 5) is 13.9. The van der Waals surface area contributed by atoms with Crippen LogP contribution in [0.3, 0.4) is 0 Å². The number of hydrogen-bond acceptors (Lipinski definition) is 2. The van der Waals surface area contributed by atoms with Crippen molar-refractivity contribution in [3.63, 3.8) is 0 Å². The molecule has 1 aliphatic heterocycles. The first-order valence-corrected chi connectivity index (χ1v) is 6.72. The molecule has 1 unspecified atom stereocenters. The fraction of sp³-hybridized carbons (Fsp3) is 0.533. The van der Waals surface area contributed by atoms with E-state index in [0.29, 0.717) is 13.0 Å². The van der Waals surface area contributed by atoms with Gasteiger partial charge in [0.25, 0.3) is 0 Å². The number of nitrogens with zero attached hydrogens (tertiary/aromatic N) is 1. The van der Waals surface area contributed by atoms with Crippen LogP contribution in [0.2, 0.25) is 0 Å². The molecule has 1 amide bonds. The summed E-state index contributed by atoms with van der Waals surface area (Å²) in [7, 11) is 0. The number of carbonyl (C=O) groups is 1. The Morgan fingerprint density at radius 3 is 2.61 bits per heavy atom. The number of β-amino-alcohol motifs (C(OH)–C–C–N with tert-alkyl or cyclic N) is 1. The Hall–Kier alpha value is -1.35. The number of aliphatic hydroxyl groups excluding tert-OH is 1. The van der Waals surface area contributed by atoms with Crippen LogP contribution in [0, 0.1) is 0 Å². The second kappa shape index (κ2) is 6.01. The van der Waals surface area contributed by atoms with Crippen molar-refractivity contribution in [1.82, 2.24) is 4.90 Å². The molecule has 1 heterocycles. The number of amides is 1. The van der Waals surface area contributed by atoms with E-state index in [9.17, 15) is 9.90 Å². The minimum absolute atomic E-state index is 0.123. The topological polar surface area (TPSA) is 40.5 Å². The number of rotatable bonds is 3. The maximum atomic E-state index is 12.1. The summed E-state index contributed by atoms with van der Waals surface area (Å²) in [5.74, 6) is 0.123. The number of benzene rings is 1. The molecule has 0 saturated carbocycles. The smallest absolute Gasteiger partial charge is 0.227 e. The zero-order chi connectivity index (χ0) is 13.0. The summed E-state index contributed by atoms with van der Waals surface area (Å²) in [6.45, 7) is 3.39. The molecule has 3 heteroatoms. The Kier molecular flexibility index (Phi) is 4.37. The minimum Gasteiger partial charge on any atom is -0.391 e. The highest BCUT2D eigenvalue weighted by atomic mass is 16.3. The van der Waals surface area contributed by atoms with Gasteiger partial charge in [-0.15, -0.1) is 0 Å². The zero-order valence-electron chi connectivity index (χ0n) is 10.9. The molecule has 0 bridgehead atoms. The Labute approximate surface area is 108 Å². The van der Waals surface area contributed by atoms with Crippen LogP contribution in [0.15, 0.2) is 24.3 Å². The lowest BCUT2D eigenvalue weighted by molar-refractivity contribution is -0.133. The second-order valence-corrected chi connectivity index (χ2v) is 4.98. The zero-order valence-corrected chi connectivity index (χ0v) is 10.9. The molecule has 1 saturated heterocycles.